The van der Waals surface area contributed by atoms with E-state index in [1.165, 1.54) is 0 Å². The predicted octanol–water partition coefficient (Wildman–Crippen LogP) is 3.31. The third kappa shape index (κ3) is 3.38. The van der Waals surface area contributed by atoms with E-state index in [4.69, 9.17) is 9.47 Å². The number of amides is 1. The van der Waals surface area contributed by atoms with Crippen LogP contribution in [-0.2, 0) is 4.79 Å². The third-order valence-electron chi connectivity index (χ3n) is 4.95. The lowest BCUT2D eigenvalue weighted by molar-refractivity contribution is -0.117. The van der Waals surface area contributed by atoms with Gasteiger partial charge in [0.2, 0.25) is 5.91 Å². The molecule has 28 heavy (non-hydrogen) atoms. The van der Waals surface area contributed by atoms with Gasteiger partial charge in [-0.05, 0) is 36.2 Å². The molecule has 3 aromatic rings. The Hall–Kier alpha value is -3.48. The maximum absolute atomic E-state index is 12.9. The molecule has 1 aliphatic heterocycles. The van der Waals surface area contributed by atoms with Crippen molar-refractivity contribution < 1.29 is 14.3 Å². The zero-order chi connectivity index (χ0) is 19.5. The molecule has 0 saturated carbocycles. The summed E-state index contributed by atoms with van der Waals surface area (Å²) in [5.74, 6) is 1.41. The molecule has 2 heterocycles. The monoisotopic (exact) mass is 378 g/mol. The highest BCUT2D eigenvalue weighted by Gasteiger charge is 2.33. The van der Waals surface area contributed by atoms with Crippen LogP contribution in [0.15, 0.2) is 54.9 Å². The Bertz CT molecular complexity index is 954. The normalized spacial score (nSPS) is 16.3. The molecule has 7 heteroatoms. The summed E-state index contributed by atoms with van der Waals surface area (Å²) in [6.45, 7) is 0.667. The minimum Gasteiger partial charge on any atom is -0.497 e. The molecule has 1 aliphatic rings. The summed E-state index contributed by atoms with van der Waals surface area (Å²) >= 11 is 0. The number of aromatic amines is 1. The van der Waals surface area contributed by atoms with E-state index in [9.17, 15) is 4.79 Å². The molecule has 1 atom stereocenters. The molecule has 144 valence electrons. The number of rotatable bonds is 6. The van der Waals surface area contributed by atoms with E-state index in [2.05, 4.69) is 15.5 Å². The molecule has 0 spiro atoms. The molecule has 1 fully saturated rings. The Labute approximate surface area is 163 Å². The van der Waals surface area contributed by atoms with Gasteiger partial charge < -0.3 is 19.7 Å². The van der Waals surface area contributed by atoms with Crippen LogP contribution >= 0.6 is 0 Å². The Morgan fingerprint density at radius 1 is 1.11 bits per heavy atom. The van der Waals surface area contributed by atoms with Gasteiger partial charge in [-0.2, -0.15) is 5.10 Å². The summed E-state index contributed by atoms with van der Waals surface area (Å²) in [6, 6.07) is 13.2. The van der Waals surface area contributed by atoms with Gasteiger partial charge in [-0.3, -0.25) is 9.89 Å². The number of methoxy groups -OCH3 is 2. The van der Waals surface area contributed by atoms with Crippen molar-refractivity contribution in [3.63, 3.8) is 0 Å². The van der Waals surface area contributed by atoms with Gasteiger partial charge in [-0.25, -0.2) is 0 Å². The summed E-state index contributed by atoms with van der Waals surface area (Å²) < 4.78 is 10.6. The largest absolute Gasteiger partial charge is 0.497 e. The first-order valence-corrected chi connectivity index (χ1v) is 9.09. The van der Waals surface area contributed by atoms with Gasteiger partial charge in [0.05, 0.1) is 26.1 Å². The van der Waals surface area contributed by atoms with E-state index in [-0.39, 0.29) is 11.9 Å². The van der Waals surface area contributed by atoms with E-state index >= 15 is 0 Å². The molecule has 0 bridgehead atoms. The van der Waals surface area contributed by atoms with Gasteiger partial charge in [0.15, 0.2) is 0 Å². The number of hydrogen-bond donors (Lipinski definition) is 2. The fraction of sp³-hybridized carbons (Fsp3) is 0.238. The fourth-order valence-electron chi connectivity index (χ4n) is 3.42. The van der Waals surface area contributed by atoms with Crippen LogP contribution in [-0.4, -0.2) is 42.9 Å². The lowest BCUT2D eigenvalue weighted by Gasteiger charge is -2.19. The number of aromatic nitrogens is 2. The van der Waals surface area contributed by atoms with Gasteiger partial charge >= 0.3 is 0 Å². The molecular weight excluding hydrogens is 356 g/mol. The molecule has 2 aromatic carbocycles. The first-order valence-electron chi connectivity index (χ1n) is 9.09. The molecule has 4 rings (SSSR count). The smallest absolute Gasteiger partial charge is 0.249 e. The van der Waals surface area contributed by atoms with Crippen LogP contribution in [0, 0.1) is 0 Å². The number of carbonyl (C=O) groups excluding carboxylic acids is 1. The average Bonchev–Trinajstić information content (AvgIpc) is 3.39. The second kappa shape index (κ2) is 7.64. The summed E-state index contributed by atoms with van der Waals surface area (Å²) in [5.41, 5.74) is 3.74. The van der Waals surface area contributed by atoms with Gasteiger partial charge in [0, 0.05) is 30.1 Å². The zero-order valence-electron chi connectivity index (χ0n) is 15.8. The summed E-state index contributed by atoms with van der Waals surface area (Å²) in [7, 11) is 3.21. The van der Waals surface area contributed by atoms with Crippen molar-refractivity contribution in [2.24, 2.45) is 0 Å². The standard InChI is InChI=1S/C21H22N4O3/c1-27-17-7-8-18(20(11-17)28-2)24-19-9-10-25(21(19)26)16-5-3-14(4-6-16)15-12-22-23-13-15/h3-8,11-13,19,24H,9-10H2,1-2H3,(H,22,23)/t19-/m1/s1. The first-order chi connectivity index (χ1) is 13.7. The van der Waals surface area contributed by atoms with E-state index in [1.54, 1.807) is 26.5 Å². The number of nitrogens with one attached hydrogen (secondary N) is 2. The van der Waals surface area contributed by atoms with Gasteiger partial charge in [-0.1, -0.05) is 12.1 Å². The minimum absolute atomic E-state index is 0.0499. The first kappa shape index (κ1) is 17.9. The minimum atomic E-state index is -0.296. The third-order valence-corrected chi connectivity index (χ3v) is 4.95. The van der Waals surface area contributed by atoms with E-state index < -0.39 is 0 Å². The highest BCUT2D eigenvalue weighted by atomic mass is 16.5. The van der Waals surface area contributed by atoms with Crippen LogP contribution < -0.4 is 19.7 Å². The molecule has 0 aliphatic carbocycles. The Kier molecular flexibility index (Phi) is 4.89. The van der Waals surface area contributed by atoms with Gasteiger partial charge in [0.25, 0.3) is 0 Å². The molecular formula is C21H22N4O3. The van der Waals surface area contributed by atoms with Crippen molar-refractivity contribution in [2.45, 2.75) is 12.5 Å². The van der Waals surface area contributed by atoms with Crippen molar-refractivity contribution in [1.82, 2.24) is 10.2 Å². The SMILES string of the molecule is COc1ccc(N[C@@H]2CCN(c3ccc(-c4cn[nH]c4)cc3)C2=O)c(OC)c1. The fourth-order valence-corrected chi connectivity index (χ4v) is 3.42. The molecule has 1 saturated heterocycles. The lowest BCUT2D eigenvalue weighted by Crippen LogP contribution is -2.33. The van der Waals surface area contributed by atoms with Crippen LogP contribution in [0.2, 0.25) is 0 Å². The van der Waals surface area contributed by atoms with Crippen molar-refractivity contribution in [2.75, 3.05) is 31.0 Å². The quantitative estimate of drug-likeness (QED) is 0.688. The number of carbonyl (C=O) groups is 1. The number of hydrogen-bond acceptors (Lipinski definition) is 5. The lowest BCUT2D eigenvalue weighted by atomic mass is 10.1. The Balaban J connectivity index is 1.48. The molecule has 7 nitrogen and oxygen atoms in total. The molecule has 0 unspecified atom stereocenters. The predicted molar refractivity (Wildman–Crippen MR) is 108 cm³/mol. The molecule has 1 aromatic heterocycles. The zero-order valence-corrected chi connectivity index (χ0v) is 15.8. The van der Waals surface area contributed by atoms with E-state index in [0.29, 0.717) is 18.0 Å². The van der Waals surface area contributed by atoms with Crippen molar-refractivity contribution in [3.8, 4) is 22.6 Å². The summed E-state index contributed by atoms with van der Waals surface area (Å²) in [6.07, 6.45) is 4.34. The van der Waals surface area contributed by atoms with Crippen LogP contribution in [0.1, 0.15) is 6.42 Å². The highest BCUT2D eigenvalue weighted by molar-refractivity contribution is 6.01. The second-order valence-electron chi connectivity index (χ2n) is 6.58. The van der Waals surface area contributed by atoms with Gasteiger partial charge in [-0.15, -0.1) is 0 Å². The molecule has 0 radical (unpaired) electrons. The Morgan fingerprint density at radius 3 is 2.61 bits per heavy atom. The number of nitrogens with zero attached hydrogens (tertiary/aromatic N) is 2. The maximum Gasteiger partial charge on any atom is 0.249 e. The second-order valence-corrected chi connectivity index (χ2v) is 6.58. The molecule has 1 amide bonds. The average molecular weight is 378 g/mol. The van der Waals surface area contributed by atoms with Crippen molar-refractivity contribution >= 4 is 17.3 Å². The van der Waals surface area contributed by atoms with Crippen LogP contribution in [0.25, 0.3) is 11.1 Å². The molecule has 2 N–H and O–H groups in total. The highest BCUT2D eigenvalue weighted by Crippen LogP contribution is 2.32. The van der Waals surface area contributed by atoms with Crippen LogP contribution in [0.3, 0.4) is 0 Å². The van der Waals surface area contributed by atoms with E-state index in [1.807, 2.05) is 47.5 Å². The van der Waals surface area contributed by atoms with Crippen molar-refractivity contribution in [3.05, 3.63) is 54.9 Å². The Morgan fingerprint density at radius 2 is 1.93 bits per heavy atom. The van der Waals surface area contributed by atoms with Crippen LogP contribution in [0.5, 0.6) is 11.5 Å². The summed E-state index contributed by atoms with van der Waals surface area (Å²) in [5, 5.41) is 10.1. The number of anilines is 2. The topological polar surface area (TPSA) is 79.5 Å². The van der Waals surface area contributed by atoms with Crippen LogP contribution in [0.4, 0.5) is 11.4 Å². The summed E-state index contributed by atoms with van der Waals surface area (Å²) in [4.78, 5) is 14.7. The van der Waals surface area contributed by atoms with Crippen molar-refractivity contribution in [1.29, 1.82) is 0 Å². The number of ether oxygens (including phenoxy) is 2. The maximum atomic E-state index is 12.9. The van der Waals surface area contributed by atoms with Gasteiger partial charge in [0.1, 0.15) is 17.5 Å². The number of H-pyrrole nitrogens is 1. The number of benzene rings is 2. The van der Waals surface area contributed by atoms with E-state index in [0.717, 1.165) is 28.9 Å².